The first-order chi connectivity index (χ1) is 4.81. The van der Waals surface area contributed by atoms with Gasteiger partial charge in [0.15, 0.2) is 0 Å². The highest BCUT2D eigenvalue weighted by Crippen LogP contribution is 2.15. The van der Waals surface area contributed by atoms with E-state index in [9.17, 15) is 0 Å². The van der Waals surface area contributed by atoms with E-state index in [-0.39, 0.29) is 0 Å². The molecule has 0 N–H and O–H groups in total. The van der Waals surface area contributed by atoms with Crippen LogP contribution in [0.3, 0.4) is 0 Å². The summed E-state index contributed by atoms with van der Waals surface area (Å²) >= 11 is 4.09. The molecule has 1 atom stereocenters. The van der Waals surface area contributed by atoms with Gasteiger partial charge >= 0.3 is 0 Å². The van der Waals surface area contributed by atoms with Crippen LogP contribution in [0.2, 0.25) is 0 Å². The summed E-state index contributed by atoms with van der Waals surface area (Å²) in [6.45, 7) is 4.59. The smallest absolute Gasteiger partial charge is 0.00346 e. The zero-order chi connectivity index (χ0) is 7.82. The average molecular weight is 178 g/mol. The summed E-state index contributed by atoms with van der Waals surface area (Å²) in [5, 5.41) is 0. The third-order valence-corrected chi connectivity index (χ3v) is 2.73. The monoisotopic (exact) mass is 178 g/mol. The molecule has 62 valence electrons. The standard InChI is InChI=1S/C8H18S2/c1-3-5-8(2)6-4-7-10-9/h8-9H,3-7H2,1-2H3. The molecule has 0 aliphatic rings. The quantitative estimate of drug-likeness (QED) is 0.367. The lowest BCUT2D eigenvalue weighted by Crippen LogP contribution is -1.93. The predicted octanol–water partition coefficient (Wildman–Crippen LogP) is 3.78. The van der Waals surface area contributed by atoms with Crippen molar-refractivity contribution >= 4 is 22.5 Å². The topological polar surface area (TPSA) is 0 Å². The minimum Gasteiger partial charge on any atom is -0.111 e. The molecule has 0 rings (SSSR count). The Morgan fingerprint density at radius 1 is 1.40 bits per heavy atom. The second kappa shape index (κ2) is 7.80. The maximum Gasteiger partial charge on any atom is 0.00346 e. The molecule has 0 aliphatic carbocycles. The lowest BCUT2D eigenvalue weighted by atomic mass is 10.0. The molecule has 0 radical (unpaired) electrons. The van der Waals surface area contributed by atoms with Gasteiger partial charge in [0, 0.05) is 5.75 Å². The Labute approximate surface area is 74.0 Å². The van der Waals surface area contributed by atoms with Crippen molar-refractivity contribution < 1.29 is 0 Å². The van der Waals surface area contributed by atoms with Gasteiger partial charge in [-0.25, -0.2) is 0 Å². The van der Waals surface area contributed by atoms with Crippen LogP contribution in [0, 0.1) is 5.92 Å². The number of thiol groups is 1. The van der Waals surface area contributed by atoms with E-state index in [1.165, 1.54) is 31.4 Å². The molecule has 0 nitrogen and oxygen atoms in total. The molecule has 0 bridgehead atoms. The van der Waals surface area contributed by atoms with Crippen LogP contribution in [0.15, 0.2) is 0 Å². The summed E-state index contributed by atoms with van der Waals surface area (Å²) in [7, 11) is 1.66. The Kier molecular flexibility index (Phi) is 8.35. The van der Waals surface area contributed by atoms with Crippen LogP contribution in [0.5, 0.6) is 0 Å². The first kappa shape index (κ1) is 10.7. The van der Waals surface area contributed by atoms with E-state index in [0.29, 0.717) is 0 Å². The fourth-order valence-corrected chi connectivity index (χ4v) is 1.82. The fraction of sp³-hybridized carbons (Fsp3) is 1.00. The fourth-order valence-electron chi connectivity index (χ4n) is 1.13. The highest BCUT2D eigenvalue weighted by molar-refractivity contribution is 8.68. The van der Waals surface area contributed by atoms with Crippen molar-refractivity contribution in [3.63, 3.8) is 0 Å². The molecule has 0 spiro atoms. The summed E-state index contributed by atoms with van der Waals surface area (Å²) in [6.07, 6.45) is 5.42. The van der Waals surface area contributed by atoms with Gasteiger partial charge in [0.25, 0.3) is 0 Å². The van der Waals surface area contributed by atoms with Gasteiger partial charge in [-0.15, -0.1) is 11.7 Å². The molecule has 0 saturated heterocycles. The third-order valence-electron chi connectivity index (χ3n) is 1.71. The Balaban J connectivity index is 2.97. The van der Waals surface area contributed by atoms with Gasteiger partial charge in [0.2, 0.25) is 0 Å². The Bertz CT molecular complexity index is 64.3. The largest absolute Gasteiger partial charge is 0.111 e. The zero-order valence-corrected chi connectivity index (χ0v) is 8.68. The van der Waals surface area contributed by atoms with Gasteiger partial charge in [0.05, 0.1) is 0 Å². The van der Waals surface area contributed by atoms with Crippen molar-refractivity contribution in [2.45, 2.75) is 39.5 Å². The van der Waals surface area contributed by atoms with E-state index >= 15 is 0 Å². The number of hydrogen-bond donors (Lipinski definition) is 1. The molecule has 0 aromatic heterocycles. The molecule has 1 unspecified atom stereocenters. The van der Waals surface area contributed by atoms with Gasteiger partial charge < -0.3 is 0 Å². The zero-order valence-electron chi connectivity index (χ0n) is 6.97. The molecule has 2 heteroatoms. The van der Waals surface area contributed by atoms with Crippen molar-refractivity contribution in [2.24, 2.45) is 5.92 Å². The summed E-state index contributed by atoms with van der Waals surface area (Å²) in [6, 6.07) is 0. The average Bonchev–Trinajstić information content (AvgIpc) is 1.89. The second-order valence-corrected chi connectivity index (χ2v) is 4.31. The molecule has 0 fully saturated rings. The first-order valence-corrected chi connectivity index (χ1v) is 6.11. The Morgan fingerprint density at radius 3 is 2.60 bits per heavy atom. The maximum absolute atomic E-state index is 4.09. The van der Waals surface area contributed by atoms with Crippen molar-refractivity contribution in [3.8, 4) is 0 Å². The minimum absolute atomic E-state index is 0.922. The van der Waals surface area contributed by atoms with Crippen molar-refractivity contribution in [1.29, 1.82) is 0 Å². The van der Waals surface area contributed by atoms with E-state index in [1.807, 2.05) is 0 Å². The molecule has 0 aliphatic heterocycles. The summed E-state index contributed by atoms with van der Waals surface area (Å²) in [5.41, 5.74) is 0. The molecule has 0 saturated carbocycles. The van der Waals surface area contributed by atoms with E-state index in [0.717, 1.165) is 5.92 Å². The van der Waals surface area contributed by atoms with Crippen LogP contribution in [0.25, 0.3) is 0 Å². The molecular formula is C8H18S2. The van der Waals surface area contributed by atoms with Gasteiger partial charge in [-0.2, -0.15) is 0 Å². The Hall–Kier alpha value is 0.700. The predicted molar refractivity (Wildman–Crippen MR) is 54.8 cm³/mol. The second-order valence-electron chi connectivity index (χ2n) is 2.87. The Morgan fingerprint density at radius 2 is 2.10 bits per heavy atom. The summed E-state index contributed by atoms with van der Waals surface area (Å²) in [5.74, 6) is 2.13. The van der Waals surface area contributed by atoms with Crippen LogP contribution in [0.1, 0.15) is 39.5 Å². The molecule has 0 heterocycles. The van der Waals surface area contributed by atoms with Gasteiger partial charge in [-0.3, -0.25) is 0 Å². The number of hydrogen-bond acceptors (Lipinski definition) is 2. The maximum atomic E-state index is 4.09. The van der Waals surface area contributed by atoms with Gasteiger partial charge in [-0.05, 0) is 18.8 Å². The molecule has 0 aromatic carbocycles. The van der Waals surface area contributed by atoms with Crippen LogP contribution >= 0.6 is 22.5 Å². The van der Waals surface area contributed by atoms with E-state index in [2.05, 4.69) is 25.5 Å². The molecule has 0 aromatic rings. The minimum atomic E-state index is 0.922. The molecule has 10 heavy (non-hydrogen) atoms. The molecule has 0 amide bonds. The van der Waals surface area contributed by atoms with E-state index in [4.69, 9.17) is 0 Å². The van der Waals surface area contributed by atoms with E-state index in [1.54, 1.807) is 10.8 Å². The van der Waals surface area contributed by atoms with Crippen LogP contribution in [-0.4, -0.2) is 5.75 Å². The molecular weight excluding hydrogens is 160 g/mol. The third kappa shape index (κ3) is 6.81. The highest BCUT2D eigenvalue weighted by Gasteiger charge is 1.98. The van der Waals surface area contributed by atoms with Crippen LogP contribution in [0.4, 0.5) is 0 Å². The van der Waals surface area contributed by atoms with Crippen LogP contribution < -0.4 is 0 Å². The summed E-state index contributed by atoms with van der Waals surface area (Å²) in [4.78, 5) is 0. The van der Waals surface area contributed by atoms with Crippen LogP contribution in [-0.2, 0) is 0 Å². The first-order valence-electron chi connectivity index (χ1n) is 4.07. The SMILES string of the molecule is CCCC(C)CCCSS. The van der Waals surface area contributed by atoms with Gasteiger partial charge in [-0.1, -0.05) is 37.5 Å². The lowest BCUT2D eigenvalue weighted by Gasteiger charge is -2.07. The lowest BCUT2D eigenvalue weighted by molar-refractivity contribution is 0.482. The van der Waals surface area contributed by atoms with E-state index < -0.39 is 0 Å². The van der Waals surface area contributed by atoms with Gasteiger partial charge in [0.1, 0.15) is 0 Å². The van der Waals surface area contributed by atoms with Crippen molar-refractivity contribution in [2.75, 3.05) is 5.75 Å². The number of rotatable bonds is 6. The van der Waals surface area contributed by atoms with Crippen molar-refractivity contribution in [1.82, 2.24) is 0 Å². The normalized spacial score (nSPS) is 13.5. The summed E-state index contributed by atoms with van der Waals surface area (Å²) < 4.78 is 0. The van der Waals surface area contributed by atoms with Crippen molar-refractivity contribution in [3.05, 3.63) is 0 Å². The highest BCUT2D eigenvalue weighted by atomic mass is 33.1.